The minimum absolute atomic E-state index is 0.475. The van der Waals surface area contributed by atoms with Gasteiger partial charge in [0.05, 0.1) is 11.4 Å². The molecular formula is C5H5N3OS. The summed E-state index contributed by atoms with van der Waals surface area (Å²) in [5.74, 6) is 1.13. The summed E-state index contributed by atoms with van der Waals surface area (Å²) in [4.78, 5) is 7.93. The lowest BCUT2D eigenvalue weighted by Crippen LogP contribution is -1.95. The Morgan fingerprint density at radius 1 is 1.50 bits per heavy atom. The van der Waals surface area contributed by atoms with Crippen molar-refractivity contribution in [1.82, 2.24) is 9.97 Å². The number of hydrogen-bond acceptors (Lipinski definition) is 3. The smallest absolute Gasteiger partial charge is 0.160 e. The van der Waals surface area contributed by atoms with E-state index < -0.39 is 11.0 Å². The fourth-order valence-corrected chi connectivity index (χ4v) is 1.74. The highest BCUT2D eigenvalue weighted by molar-refractivity contribution is 7.86. The molecule has 1 N–H and O–H groups in total. The molecule has 0 bridgehead atoms. The lowest BCUT2D eigenvalue weighted by atomic mass is 10.5. The van der Waals surface area contributed by atoms with Gasteiger partial charge in [-0.3, -0.25) is 9.71 Å². The van der Waals surface area contributed by atoms with Gasteiger partial charge in [0.25, 0.3) is 0 Å². The Balaban J connectivity index is 2.51. The molecule has 1 aliphatic rings. The average molecular weight is 155 g/mol. The number of nitrogens with one attached hydrogen (secondary N) is 1. The Labute approximate surface area is 60.3 Å². The molecule has 2 heterocycles. The van der Waals surface area contributed by atoms with Crippen LogP contribution in [0.15, 0.2) is 12.4 Å². The summed E-state index contributed by atoms with van der Waals surface area (Å²) in [5, 5.41) is 0. The molecule has 1 unspecified atom stereocenters. The van der Waals surface area contributed by atoms with Gasteiger partial charge in [-0.05, 0) is 0 Å². The normalized spacial score (nSPS) is 21.8. The first kappa shape index (κ1) is 5.79. The first-order valence-electron chi connectivity index (χ1n) is 2.81. The molecule has 0 saturated heterocycles. The van der Waals surface area contributed by atoms with E-state index in [1.165, 1.54) is 0 Å². The molecule has 1 atom stereocenters. The third-order valence-electron chi connectivity index (χ3n) is 1.25. The third-order valence-corrected chi connectivity index (χ3v) is 2.21. The quantitative estimate of drug-likeness (QED) is 0.576. The summed E-state index contributed by atoms with van der Waals surface area (Å²) in [5.41, 5.74) is 0.792. The SMILES string of the molecule is O=S1Cc2nccnc2N1. The Kier molecular flexibility index (Phi) is 1.17. The number of hydrogen-bond donors (Lipinski definition) is 1. The van der Waals surface area contributed by atoms with Crippen molar-refractivity contribution in [2.75, 3.05) is 4.72 Å². The second kappa shape index (κ2) is 2.02. The lowest BCUT2D eigenvalue weighted by Gasteiger charge is -1.90. The van der Waals surface area contributed by atoms with E-state index in [1.807, 2.05) is 0 Å². The summed E-state index contributed by atoms with van der Waals surface area (Å²) in [6, 6.07) is 0. The summed E-state index contributed by atoms with van der Waals surface area (Å²) < 4.78 is 13.5. The second-order valence-corrected chi connectivity index (χ2v) is 3.13. The van der Waals surface area contributed by atoms with Crippen LogP contribution < -0.4 is 4.72 Å². The average Bonchev–Trinajstić information content (AvgIpc) is 2.27. The van der Waals surface area contributed by atoms with E-state index >= 15 is 0 Å². The van der Waals surface area contributed by atoms with Gasteiger partial charge in [-0.2, -0.15) is 0 Å². The molecule has 52 valence electrons. The molecule has 4 nitrogen and oxygen atoms in total. The van der Waals surface area contributed by atoms with E-state index in [0.717, 1.165) is 5.69 Å². The molecule has 1 aliphatic heterocycles. The first-order valence-corrected chi connectivity index (χ1v) is 4.13. The molecule has 2 rings (SSSR count). The molecule has 0 amide bonds. The third kappa shape index (κ3) is 0.786. The predicted molar refractivity (Wildman–Crippen MR) is 37.5 cm³/mol. The fourth-order valence-electron chi connectivity index (χ4n) is 0.826. The number of anilines is 1. The van der Waals surface area contributed by atoms with Crippen LogP contribution in [0, 0.1) is 0 Å². The Morgan fingerprint density at radius 2 is 2.30 bits per heavy atom. The highest BCUT2D eigenvalue weighted by Crippen LogP contribution is 2.17. The minimum Gasteiger partial charge on any atom is -0.288 e. The van der Waals surface area contributed by atoms with Crippen molar-refractivity contribution in [3.63, 3.8) is 0 Å². The van der Waals surface area contributed by atoms with Crippen LogP contribution in [0.3, 0.4) is 0 Å². The monoisotopic (exact) mass is 155 g/mol. The maximum absolute atomic E-state index is 10.8. The molecule has 0 spiro atoms. The standard InChI is InChI=1S/C5H5N3OS/c9-10-3-4-5(8-10)7-2-1-6-4/h1-2H,3H2,(H,7,8). The van der Waals surface area contributed by atoms with Gasteiger partial charge in [0.1, 0.15) is 11.0 Å². The van der Waals surface area contributed by atoms with E-state index in [-0.39, 0.29) is 0 Å². The maximum Gasteiger partial charge on any atom is 0.160 e. The van der Waals surface area contributed by atoms with E-state index in [1.54, 1.807) is 12.4 Å². The van der Waals surface area contributed by atoms with E-state index in [0.29, 0.717) is 11.6 Å². The van der Waals surface area contributed by atoms with Gasteiger partial charge in [-0.25, -0.2) is 9.19 Å². The van der Waals surface area contributed by atoms with Gasteiger partial charge in [-0.15, -0.1) is 0 Å². The molecule has 0 fully saturated rings. The van der Waals surface area contributed by atoms with Crippen LogP contribution in [-0.2, 0) is 16.7 Å². The molecule has 1 aromatic heterocycles. The Morgan fingerprint density at radius 3 is 3.10 bits per heavy atom. The zero-order chi connectivity index (χ0) is 6.97. The largest absolute Gasteiger partial charge is 0.288 e. The van der Waals surface area contributed by atoms with Crippen LogP contribution in [0.1, 0.15) is 5.69 Å². The highest BCUT2D eigenvalue weighted by atomic mass is 32.2. The first-order chi connectivity index (χ1) is 4.86. The van der Waals surface area contributed by atoms with Crippen molar-refractivity contribution in [2.45, 2.75) is 5.75 Å². The Hall–Kier alpha value is -0.970. The summed E-state index contributed by atoms with van der Waals surface area (Å²) in [6.45, 7) is 0. The van der Waals surface area contributed by atoms with Crippen molar-refractivity contribution >= 4 is 16.8 Å². The number of rotatable bonds is 0. The van der Waals surface area contributed by atoms with Crippen molar-refractivity contribution in [3.05, 3.63) is 18.1 Å². The summed E-state index contributed by atoms with van der Waals surface area (Å²) in [6.07, 6.45) is 3.18. The number of aromatic nitrogens is 2. The zero-order valence-corrected chi connectivity index (χ0v) is 5.89. The highest BCUT2D eigenvalue weighted by Gasteiger charge is 2.17. The summed E-state index contributed by atoms with van der Waals surface area (Å²) >= 11 is 0. The van der Waals surface area contributed by atoms with Crippen molar-refractivity contribution in [3.8, 4) is 0 Å². The van der Waals surface area contributed by atoms with Gasteiger partial charge in [0.2, 0.25) is 0 Å². The topological polar surface area (TPSA) is 54.9 Å². The van der Waals surface area contributed by atoms with Crippen LogP contribution in [0.2, 0.25) is 0 Å². The van der Waals surface area contributed by atoms with Gasteiger partial charge in [-0.1, -0.05) is 0 Å². The Bertz CT molecular complexity index is 261. The van der Waals surface area contributed by atoms with Crippen LogP contribution in [0.25, 0.3) is 0 Å². The predicted octanol–water partition coefficient (Wildman–Crippen LogP) is 0.0658. The molecule has 1 aromatic rings. The van der Waals surface area contributed by atoms with Crippen molar-refractivity contribution < 1.29 is 4.21 Å². The van der Waals surface area contributed by atoms with E-state index in [4.69, 9.17) is 0 Å². The molecule has 5 heteroatoms. The minimum atomic E-state index is -0.994. The van der Waals surface area contributed by atoms with E-state index in [9.17, 15) is 4.21 Å². The second-order valence-electron chi connectivity index (χ2n) is 1.94. The van der Waals surface area contributed by atoms with Crippen LogP contribution in [0.4, 0.5) is 5.82 Å². The maximum atomic E-state index is 10.8. The van der Waals surface area contributed by atoms with Crippen LogP contribution >= 0.6 is 0 Å². The zero-order valence-electron chi connectivity index (χ0n) is 5.07. The van der Waals surface area contributed by atoms with Crippen LogP contribution in [-0.4, -0.2) is 14.2 Å². The molecule has 0 aromatic carbocycles. The van der Waals surface area contributed by atoms with E-state index in [2.05, 4.69) is 14.7 Å². The van der Waals surface area contributed by atoms with Gasteiger partial charge in [0.15, 0.2) is 5.82 Å². The van der Waals surface area contributed by atoms with Gasteiger partial charge in [0, 0.05) is 12.4 Å². The lowest BCUT2D eigenvalue weighted by molar-refractivity contribution is 0.687. The fraction of sp³-hybridized carbons (Fsp3) is 0.200. The molecule has 0 aliphatic carbocycles. The van der Waals surface area contributed by atoms with Crippen LogP contribution in [0.5, 0.6) is 0 Å². The van der Waals surface area contributed by atoms with Gasteiger partial charge < -0.3 is 0 Å². The van der Waals surface area contributed by atoms with Gasteiger partial charge >= 0.3 is 0 Å². The molecule has 10 heavy (non-hydrogen) atoms. The number of nitrogens with zero attached hydrogens (tertiary/aromatic N) is 2. The molecular weight excluding hydrogens is 150 g/mol. The molecule has 0 radical (unpaired) electrons. The molecule has 0 saturated carbocycles. The van der Waals surface area contributed by atoms with Crippen molar-refractivity contribution in [1.29, 1.82) is 0 Å². The van der Waals surface area contributed by atoms with Crippen molar-refractivity contribution in [2.24, 2.45) is 0 Å². The number of fused-ring (bicyclic) bond motifs is 1. The summed E-state index contributed by atoms with van der Waals surface area (Å²) in [7, 11) is -0.994.